The van der Waals surface area contributed by atoms with Gasteiger partial charge in [0.05, 0.1) is 13.0 Å². The Kier molecular flexibility index (Phi) is 5.98. The van der Waals surface area contributed by atoms with Crippen molar-refractivity contribution in [2.75, 3.05) is 6.61 Å². The highest BCUT2D eigenvalue weighted by molar-refractivity contribution is 5.70. The first kappa shape index (κ1) is 16.0. The van der Waals surface area contributed by atoms with Crippen molar-refractivity contribution >= 4 is 5.97 Å². The Hall–Kier alpha value is -2.33. The fourth-order valence-electron chi connectivity index (χ4n) is 2.17. The molecule has 1 atom stereocenters. The largest absolute Gasteiger partial charge is 0.466 e. The van der Waals surface area contributed by atoms with Crippen LogP contribution in [0.15, 0.2) is 54.6 Å². The maximum Gasteiger partial charge on any atom is 0.307 e. The third-order valence-electron chi connectivity index (χ3n) is 3.11. The third kappa shape index (κ3) is 5.22. The van der Waals surface area contributed by atoms with Crippen LogP contribution in [0.1, 0.15) is 18.9 Å². The zero-order valence-electron chi connectivity index (χ0n) is 12.7. The Labute approximate surface area is 130 Å². The number of para-hydroxylation sites is 1. The van der Waals surface area contributed by atoms with E-state index in [0.717, 1.165) is 17.1 Å². The molecule has 0 spiro atoms. The predicted molar refractivity (Wildman–Crippen MR) is 85.9 cm³/mol. The van der Waals surface area contributed by atoms with Crippen LogP contribution in [0.4, 0.5) is 0 Å². The minimum atomic E-state index is -0.258. The average Bonchev–Trinajstić information content (AvgIpc) is 2.48. The summed E-state index contributed by atoms with van der Waals surface area (Å²) in [7, 11) is 0. The van der Waals surface area contributed by atoms with Crippen LogP contribution in [-0.4, -0.2) is 18.6 Å². The van der Waals surface area contributed by atoms with Gasteiger partial charge in [0.25, 0.3) is 0 Å². The van der Waals surface area contributed by atoms with Gasteiger partial charge >= 0.3 is 5.97 Å². The molecule has 0 bridgehead atoms. The Bertz CT molecular complexity index is 598. The second-order valence-corrected chi connectivity index (χ2v) is 5.04. The standard InChI is InChI=1S/C18H21NO3/c1-2-21-18(20)13-15(19)11-14-7-6-10-17(12-14)22-16-8-4-3-5-9-16/h3-10,12,15H,2,11,13,19H2,1H3. The zero-order chi connectivity index (χ0) is 15.8. The summed E-state index contributed by atoms with van der Waals surface area (Å²) in [5.41, 5.74) is 7.03. The minimum absolute atomic E-state index is 0.220. The quantitative estimate of drug-likeness (QED) is 0.797. The van der Waals surface area contributed by atoms with Gasteiger partial charge in [-0.3, -0.25) is 4.79 Å². The van der Waals surface area contributed by atoms with E-state index in [1.165, 1.54) is 0 Å². The number of hydrogen-bond donors (Lipinski definition) is 1. The SMILES string of the molecule is CCOC(=O)CC(N)Cc1cccc(Oc2ccccc2)c1. The lowest BCUT2D eigenvalue weighted by Crippen LogP contribution is -2.27. The Morgan fingerprint density at radius 1 is 1.09 bits per heavy atom. The first-order valence-corrected chi connectivity index (χ1v) is 7.40. The fraction of sp³-hybridized carbons (Fsp3) is 0.278. The number of ether oxygens (including phenoxy) is 2. The number of hydrogen-bond acceptors (Lipinski definition) is 4. The van der Waals surface area contributed by atoms with Crippen LogP contribution >= 0.6 is 0 Å². The molecule has 0 aromatic heterocycles. The van der Waals surface area contributed by atoms with Crippen LogP contribution < -0.4 is 10.5 Å². The van der Waals surface area contributed by atoms with E-state index < -0.39 is 0 Å². The first-order chi connectivity index (χ1) is 10.7. The number of nitrogens with two attached hydrogens (primary N) is 1. The van der Waals surface area contributed by atoms with E-state index in [1.807, 2.05) is 54.6 Å². The average molecular weight is 299 g/mol. The van der Waals surface area contributed by atoms with Gasteiger partial charge in [-0.2, -0.15) is 0 Å². The summed E-state index contributed by atoms with van der Waals surface area (Å²) >= 11 is 0. The second-order valence-electron chi connectivity index (χ2n) is 5.04. The molecule has 22 heavy (non-hydrogen) atoms. The second kappa shape index (κ2) is 8.20. The van der Waals surface area contributed by atoms with Crippen LogP contribution in [0, 0.1) is 0 Å². The van der Waals surface area contributed by atoms with Crippen LogP contribution in [0.25, 0.3) is 0 Å². The van der Waals surface area contributed by atoms with E-state index in [-0.39, 0.29) is 18.4 Å². The van der Waals surface area contributed by atoms with Gasteiger partial charge in [-0.05, 0) is 43.2 Å². The summed E-state index contributed by atoms with van der Waals surface area (Å²) in [5.74, 6) is 1.29. The van der Waals surface area contributed by atoms with E-state index >= 15 is 0 Å². The molecule has 0 aliphatic heterocycles. The fourth-order valence-corrected chi connectivity index (χ4v) is 2.17. The molecule has 2 rings (SSSR count). The molecule has 1 unspecified atom stereocenters. The summed E-state index contributed by atoms with van der Waals surface area (Å²) in [6, 6.07) is 17.1. The Balaban J connectivity index is 1.95. The third-order valence-corrected chi connectivity index (χ3v) is 3.11. The van der Waals surface area contributed by atoms with Gasteiger partial charge in [-0.15, -0.1) is 0 Å². The highest BCUT2D eigenvalue weighted by Crippen LogP contribution is 2.22. The van der Waals surface area contributed by atoms with Crippen molar-refractivity contribution in [3.05, 3.63) is 60.2 Å². The van der Waals surface area contributed by atoms with Crippen molar-refractivity contribution in [3.8, 4) is 11.5 Å². The summed E-state index contributed by atoms with van der Waals surface area (Å²) < 4.78 is 10.7. The normalized spacial score (nSPS) is 11.7. The van der Waals surface area contributed by atoms with Gasteiger partial charge in [0.15, 0.2) is 0 Å². The molecular formula is C18H21NO3. The Morgan fingerprint density at radius 3 is 2.55 bits per heavy atom. The van der Waals surface area contributed by atoms with Crippen molar-refractivity contribution in [2.45, 2.75) is 25.8 Å². The summed E-state index contributed by atoms with van der Waals surface area (Å²) in [6.07, 6.45) is 0.822. The van der Waals surface area contributed by atoms with Crippen molar-refractivity contribution in [3.63, 3.8) is 0 Å². The van der Waals surface area contributed by atoms with Crippen molar-refractivity contribution in [1.29, 1.82) is 0 Å². The first-order valence-electron chi connectivity index (χ1n) is 7.40. The molecule has 116 valence electrons. The maximum atomic E-state index is 11.4. The van der Waals surface area contributed by atoms with E-state index in [1.54, 1.807) is 6.92 Å². The topological polar surface area (TPSA) is 61.5 Å². The highest BCUT2D eigenvalue weighted by Gasteiger charge is 2.11. The molecule has 0 heterocycles. The van der Waals surface area contributed by atoms with Crippen molar-refractivity contribution < 1.29 is 14.3 Å². The maximum absolute atomic E-state index is 11.4. The van der Waals surface area contributed by atoms with E-state index in [2.05, 4.69) is 0 Å². The molecule has 4 heteroatoms. The van der Waals surface area contributed by atoms with Crippen LogP contribution in [0.3, 0.4) is 0 Å². The molecule has 2 aromatic rings. The van der Waals surface area contributed by atoms with E-state index in [9.17, 15) is 4.79 Å². The summed E-state index contributed by atoms with van der Waals surface area (Å²) in [4.78, 5) is 11.4. The molecule has 0 aliphatic carbocycles. The summed E-state index contributed by atoms with van der Waals surface area (Å²) in [5, 5.41) is 0. The smallest absolute Gasteiger partial charge is 0.307 e. The van der Waals surface area contributed by atoms with E-state index in [0.29, 0.717) is 13.0 Å². The molecule has 2 N–H and O–H groups in total. The van der Waals surface area contributed by atoms with Gasteiger partial charge < -0.3 is 15.2 Å². The van der Waals surface area contributed by atoms with Crippen LogP contribution in [0.5, 0.6) is 11.5 Å². The molecular weight excluding hydrogens is 278 g/mol. The number of benzene rings is 2. The monoisotopic (exact) mass is 299 g/mol. The molecule has 0 saturated carbocycles. The lowest BCUT2D eigenvalue weighted by atomic mass is 10.0. The van der Waals surface area contributed by atoms with Crippen LogP contribution in [0.2, 0.25) is 0 Å². The molecule has 0 aliphatic rings. The lowest BCUT2D eigenvalue weighted by molar-refractivity contribution is -0.143. The molecule has 2 aromatic carbocycles. The molecule has 4 nitrogen and oxygen atoms in total. The van der Waals surface area contributed by atoms with Crippen molar-refractivity contribution in [1.82, 2.24) is 0 Å². The number of carbonyl (C=O) groups is 1. The molecule has 0 fully saturated rings. The predicted octanol–water partition coefficient (Wildman–Crippen LogP) is 3.30. The van der Waals surface area contributed by atoms with Crippen LogP contribution in [-0.2, 0) is 16.0 Å². The number of carbonyl (C=O) groups excluding carboxylic acids is 1. The van der Waals surface area contributed by atoms with Crippen molar-refractivity contribution in [2.24, 2.45) is 5.73 Å². The van der Waals surface area contributed by atoms with Gasteiger partial charge in [0.2, 0.25) is 0 Å². The highest BCUT2D eigenvalue weighted by atomic mass is 16.5. The molecule has 0 saturated heterocycles. The summed E-state index contributed by atoms with van der Waals surface area (Å²) in [6.45, 7) is 2.17. The molecule has 0 amide bonds. The lowest BCUT2D eigenvalue weighted by Gasteiger charge is -2.12. The molecule has 0 radical (unpaired) electrons. The number of esters is 1. The Morgan fingerprint density at radius 2 is 1.82 bits per heavy atom. The number of rotatable bonds is 7. The van der Waals surface area contributed by atoms with Gasteiger partial charge in [0, 0.05) is 6.04 Å². The van der Waals surface area contributed by atoms with Gasteiger partial charge in [-0.1, -0.05) is 30.3 Å². The zero-order valence-corrected chi connectivity index (χ0v) is 12.7. The van der Waals surface area contributed by atoms with Gasteiger partial charge in [-0.25, -0.2) is 0 Å². The van der Waals surface area contributed by atoms with E-state index in [4.69, 9.17) is 15.2 Å². The minimum Gasteiger partial charge on any atom is -0.466 e. The van der Waals surface area contributed by atoms with Gasteiger partial charge in [0.1, 0.15) is 11.5 Å².